The maximum Gasteiger partial charge on any atom is 0.238 e. The Balaban J connectivity index is 0.000000417. The molecule has 9 nitrogen and oxygen atoms in total. The summed E-state index contributed by atoms with van der Waals surface area (Å²) in [6.45, 7) is 18.4. The van der Waals surface area contributed by atoms with Crippen LogP contribution in [-0.2, 0) is 6.42 Å². The van der Waals surface area contributed by atoms with E-state index in [4.69, 9.17) is 10.5 Å². The Kier molecular flexibility index (Phi) is 19.9. The first-order valence-corrected chi connectivity index (χ1v) is 17.2. The van der Waals surface area contributed by atoms with E-state index >= 15 is 0 Å². The molecule has 0 amide bonds. The summed E-state index contributed by atoms with van der Waals surface area (Å²) in [5.41, 5.74) is 9.57. The Morgan fingerprint density at radius 2 is 1.88 bits per heavy atom. The van der Waals surface area contributed by atoms with E-state index in [0.717, 1.165) is 54.0 Å². The van der Waals surface area contributed by atoms with Crippen molar-refractivity contribution in [2.45, 2.75) is 66.7 Å². The van der Waals surface area contributed by atoms with Crippen LogP contribution in [0.25, 0.3) is 16.6 Å². The van der Waals surface area contributed by atoms with Crippen molar-refractivity contribution >= 4 is 35.0 Å². The summed E-state index contributed by atoms with van der Waals surface area (Å²) in [4.78, 5) is 18.1. The van der Waals surface area contributed by atoms with E-state index in [1.165, 1.54) is 36.5 Å². The summed E-state index contributed by atoms with van der Waals surface area (Å²) in [6.07, 6.45) is 10.8. The van der Waals surface area contributed by atoms with Crippen molar-refractivity contribution in [1.29, 1.82) is 0 Å². The standard InChI is InChI=1S/C16H15FN4O2.C15H22N2OS.C3H6F2.C2H6/c1-4-12(17)14(5-2)23-15-6-10(3)13(8-19-15)21-16(18)11(9-22)7-20-21;1-3-8-17(19-2)9-4-5-13-10-14-12(6-7-16-14)11-15(13)18;1-2-3(4)5;1-2/h4-9H,1-2,18H2,3H3;6-7,10-11,16,18H,3-5,8-9H2,1-2H3;3H,2H2,1H3;1-2H3/b14-12-;;;. The van der Waals surface area contributed by atoms with E-state index in [1.54, 1.807) is 24.9 Å². The molecule has 0 unspecified atom stereocenters. The third kappa shape index (κ3) is 13.5. The van der Waals surface area contributed by atoms with Gasteiger partial charge in [0.1, 0.15) is 11.6 Å². The summed E-state index contributed by atoms with van der Waals surface area (Å²) in [5.74, 6) is 0.0812. The number of phenolic OH excluding ortho intramolecular Hbond substituents is 1. The topological polar surface area (TPSA) is 122 Å². The number of nitrogens with two attached hydrogens (primary N) is 1. The summed E-state index contributed by atoms with van der Waals surface area (Å²) >= 11 is 1.80. The first-order valence-electron chi connectivity index (χ1n) is 16.0. The summed E-state index contributed by atoms with van der Waals surface area (Å²) < 4.78 is 44.1. The number of benzene rings is 1. The predicted octanol–water partition coefficient (Wildman–Crippen LogP) is 9.39. The van der Waals surface area contributed by atoms with Crippen LogP contribution in [0.4, 0.5) is 19.0 Å². The van der Waals surface area contributed by atoms with E-state index in [0.29, 0.717) is 17.7 Å². The van der Waals surface area contributed by atoms with E-state index < -0.39 is 12.3 Å². The maximum absolute atomic E-state index is 13.5. The van der Waals surface area contributed by atoms with Crippen LogP contribution in [-0.4, -0.2) is 61.2 Å². The molecule has 0 saturated heterocycles. The lowest BCUT2D eigenvalue weighted by Gasteiger charge is -2.18. The average Bonchev–Trinajstić information content (AvgIpc) is 3.73. The molecule has 4 rings (SSSR count). The highest BCUT2D eigenvalue weighted by atomic mass is 32.2. The molecule has 0 fully saturated rings. The van der Waals surface area contributed by atoms with Crippen LogP contribution in [0.1, 0.15) is 68.4 Å². The van der Waals surface area contributed by atoms with E-state index in [9.17, 15) is 23.1 Å². The number of nitrogens with one attached hydrogen (secondary N) is 1. The van der Waals surface area contributed by atoms with Gasteiger partial charge in [0.2, 0.25) is 12.3 Å². The number of aldehydes is 1. The molecule has 0 bridgehead atoms. The quantitative estimate of drug-likeness (QED) is 0.0514. The number of alkyl halides is 2. The van der Waals surface area contributed by atoms with Crippen molar-refractivity contribution in [3.8, 4) is 17.3 Å². The Hall–Kier alpha value is -4.49. The fourth-order valence-electron chi connectivity index (χ4n) is 4.18. The number of aromatic hydroxyl groups is 1. The second kappa shape index (κ2) is 23.0. The van der Waals surface area contributed by atoms with Gasteiger partial charge in [-0.25, -0.2) is 22.8 Å². The molecule has 0 aliphatic carbocycles. The monoisotopic (exact) mass is 702 g/mol. The molecule has 268 valence electrons. The zero-order chi connectivity index (χ0) is 36.9. The van der Waals surface area contributed by atoms with Gasteiger partial charge in [-0.2, -0.15) is 5.10 Å². The Morgan fingerprint density at radius 3 is 2.41 bits per heavy atom. The van der Waals surface area contributed by atoms with Gasteiger partial charge in [0, 0.05) is 42.7 Å². The highest BCUT2D eigenvalue weighted by molar-refractivity contribution is 7.96. The Labute approximate surface area is 291 Å². The van der Waals surface area contributed by atoms with Crippen molar-refractivity contribution in [1.82, 2.24) is 24.1 Å². The number of H-pyrrole nitrogens is 1. The van der Waals surface area contributed by atoms with Crippen LogP contribution in [0.15, 0.2) is 79.8 Å². The number of carbonyl (C=O) groups is 1. The Morgan fingerprint density at radius 1 is 1.18 bits per heavy atom. The first kappa shape index (κ1) is 42.5. The fourth-order valence-corrected chi connectivity index (χ4v) is 4.86. The van der Waals surface area contributed by atoms with Gasteiger partial charge in [0.15, 0.2) is 17.9 Å². The van der Waals surface area contributed by atoms with Gasteiger partial charge in [0.25, 0.3) is 0 Å². The van der Waals surface area contributed by atoms with Crippen LogP contribution >= 0.6 is 11.9 Å². The van der Waals surface area contributed by atoms with E-state index in [2.05, 4.69) is 51.8 Å². The average molecular weight is 703 g/mol. The second-order valence-electron chi connectivity index (χ2n) is 10.1. The van der Waals surface area contributed by atoms with Crippen LogP contribution in [0, 0.1) is 6.92 Å². The molecule has 1 aromatic carbocycles. The minimum Gasteiger partial charge on any atom is -0.508 e. The molecule has 0 spiro atoms. The number of hydrogen-bond acceptors (Lipinski definition) is 8. The largest absolute Gasteiger partial charge is 0.508 e. The number of rotatable bonds is 14. The molecule has 0 aliphatic rings. The van der Waals surface area contributed by atoms with Gasteiger partial charge in [-0.1, -0.05) is 52.8 Å². The van der Waals surface area contributed by atoms with Crippen LogP contribution in [0.2, 0.25) is 0 Å². The normalized spacial score (nSPS) is 11.0. The lowest BCUT2D eigenvalue weighted by molar-refractivity contribution is 0.112. The van der Waals surface area contributed by atoms with Gasteiger partial charge in [-0.05, 0) is 73.9 Å². The number of ether oxygens (including phenoxy) is 1. The molecule has 0 atom stereocenters. The molecule has 0 radical (unpaired) electrons. The number of anilines is 1. The third-order valence-electron chi connectivity index (χ3n) is 6.71. The highest BCUT2D eigenvalue weighted by Crippen LogP contribution is 2.26. The fraction of sp³-hybridized carbons (Fsp3) is 0.361. The van der Waals surface area contributed by atoms with Crippen LogP contribution in [0.3, 0.4) is 0 Å². The zero-order valence-electron chi connectivity index (χ0n) is 29.2. The van der Waals surface area contributed by atoms with Gasteiger partial charge < -0.3 is 20.6 Å². The van der Waals surface area contributed by atoms with Crippen LogP contribution in [0.5, 0.6) is 11.6 Å². The van der Waals surface area contributed by atoms with Gasteiger partial charge in [-0.3, -0.25) is 9.10 Å². The van der Waals surface area contributed by atoms with Gasteiger partial charge in [0.05, 0.1) is 23.6 Å². The lowest BCUT2D eigenvalue weighted by Crippen LogP contribution is -2.17. The van der Waals surface area contributed by atoms with E-state index in [1.807, 2.05) is 32.2 Å². The molecule has 3 heterocycles. The molecule has 3 aromatic heterocycles. The second-order valence-corrected chi connectivity index (χ2v) is 11.0. The summed E-state index contributed by atoms with van der Waals surface area (Å²) in [6, 6.07) is 7.49. The maximum atomic E-state index is 13.5. The van der Waals surface area contributed by atoms with Crippen molar-refractivity contribution < 1.29 is 27.8 Å². The summed E-state index contributed by atoms with van der Waals surface area (Å²) in [7, 11) is 0. The minimum absolute atomic E-state index is 0.0278. The summed E-state index contributed by atoms with van der Waals surface area (Å²) in [5, 5.41) is 15.1. The number of allylic oxidation sites excluding steroid dienone is 3. The number of nitrogen functional groups attached to an aromatic ring is 1. The molecule has 49 heavy (non-hydrogen) atoms. The predicted molar refractivity (Wildman–Crippen MR) is 196 cm³/mol. The lowest BCUT2D eigenvalue weighted by atomic mass is 10.1. The SMILES string of the molecule is C=C/C(F)=C(\C=C)Oc1cc(C)c(-n2ncc(C=O)c2N)cn1.CC.CCC(F)F.CCCN(CCCc1cc2[nH]ccc2cc1O)SC. The number of nitrogens with zero attached hydrogens (tertiary/aromatic N) is 4. The highest BCUT2D eigenvalue weighted by Gasteiger charge is 2.13. The molecular formula is C36H49F3N6O3S. The zero-order valence-corrected chi connectivity index (χ0v) is 30.0. The Bertz CT molecular complexity index is 1640. The molecular weight excluding hydrogens is 653 g/mol. The number of aromatic nitrogens is 4. The van der Waals surface area contributed by atoms with Crippen molar-refractivity contribution in [3.63, 3.8) is 0 Å². The van der Waals surface area contributed by atoms with Crippen molar-refractivity contribution in [2.75, 3.05) is 25.1 Å². The molecule has 13 heteroatoms. The van der Waals surface area contributed by atoms with Crippen LogP contribution < -0.4 is 10.5 Å². The first-order chi connectivity index (χ1) is 23.5. The molecule has 4 aromatic rings. The van der Waals surface area contributed by atoms with E-state index in [-0.39, 0.29) is 29.4 Å². The van der Waals surface area contributed by atoms with Gasteiger partial charge in [-0.15, -0.1) is 0 Å². The third-order valence-corrected chi connectivity index (χ3v) is 7.59. The number of aryl methyl sites for hydroxylation is 2. The van der Waals surface area contributed by atoms with Crippen molar-refractivity contribution in [2.24, 2.45) is 0 Å². The number of hydrogen-bond donors (Lipinski definition) is 3. The number of aromatic amines is 1. The number of phenols is 1. The van der Waals surface area contributed by atoms with Crippen molar-refractivity contribution in [3.05, 3.63) is 96.4 Å². The molecule has 4 N–H and O–H groups in total. The molecule has 0 saturated carbocycles. The smallest absolute Gasteiger partial charge is 0.238 e. The minimum atomic E-state index is -2.12. The number of fused-ring (bicyclic) bond motifs is 1. The number of halogens is 3. The van der Waals surface area contributed by atoms with Gasteiger partial charge >= 0.3 is 0 Å². The molecule has 0 aliphatic heterocycles. The number of carbonyl (C=O) groups excluding carboxylic acids is 1. The number of pyridine rings is 1.